The lowest BCUT2D eigenvalue weighted by atomic mass is 10.1. The average molecular weight is 241 g/mol. The van der Waals surface area contributed by atoms with Crippen molar-refractivity contribution < 1.29 is 0 Å². The van der Waals surface area contributed by atoms with Crippen LogP contribution in [0.2, 0.25) is 0 Å². The first-order valence-electron chi connectivity index (χ1n) is 6.53. The van der Waals surface area contributed by atoms with E-state index in [0.717, 1.165) is 19.6 Å². The second-order valence-electron chi connectivity index (χ2n) is 5.35. The fourth-order valence-electron chi connectivity index (χ4n) is 2.77. The minimum Gasteiger partial charge on any atom is -0.326 e. The highest BCUT2D eigenvalue weighted by molar-refractivity contribution is 5.84. The van der Waals surface area contributed by atoms with Crippen LogP contribution >= 0.6 is 0 Å². The van der Waals surface area contributed by atoms with Crippen LogP contribution < -0.4 is 5.73 Å². The van der Waals surface area contributed by atoms with E-state index in [1.807, 2.05) is 12.4 Å². The molecule has 2 aromatic rings. The second-order valence-corrected chi connectivity index (χ2v) is 5.35. The van der Waals surface area contributed by atoms with E-state index in [9.17, 15) is 0 Å². The van der Waals surface area contributed by atoms with Gasteiger partial charge in [0.1, 0.15) is 0 Å². The Hall–Kier alpha value is -1.45. The monoisotopic (exact) mass is 241 g/mol. The zero-order chi connectivity index (χ0) is 12.5. The molecule has 18 heavy (non-hydrogen) atoms. The summed E-state index contributed by atoms with van der Waals surface area (Å²) in [5, 5.41) is 2.52. The van der Waals surface area contributed by atoms with Crippen molar-refractivity contribution in [2.75, 3.05) is 13.1 Å². The van der Waals surface area contributed by atoms with Crippen molar-refractivity contribution in [3.05, 3.63) is 42.2 Å². The molecule has 1 saturated heterocycles. The van der Waals surface area contributed by atoms with E-state index in [1.54, 1.807) is 0 Å². The molecule has 3 nitrogen and oxygen atoms in total. The largest absolute Gasteiger partial charge is 0.326 e. The zero-order valence-electron chi connectivity index (χ0n) is 10.7. The molecule has 1 aliphatic heterocycles. The van der Waals surface area contributed by atoms with E-state index in [4.69, 9.17) is 5.73 Å². The van der Waals surface area contributed by atoms with Crippen molar-refractivity contribution in [2.24, 2.45) is 11.7 Å². The van der Waals surface area contributed by atoms with Crippen LogP contribution in [-0.2, 0) is 6.54 Å². The summed E-state index contributed by atoms with van der Waals surface area (Å²) >= 11 is 0. The molecule has 1 fully saturated rings. The van der Waals surface area contributed by atoms with Crippen LogP contribution in [-0.4, -0.2) is 29.0 Å². The first-order chi connectivity index (χ1) is 8.74. The number of benzene rings is 1. The molecule has 3 heteroatoms. The maximum atomic E-state index is 6.08. The minimum atomic E-state index is 0.313. The van der Waals surface area contributed by atoms with Crippen molar-refractivity contribution in [3.63, 3.8) is 0 Å². The molecule has 1 aromatic heterocycles. The normalized spacial score (nSPS) is 24.8. The summed E-state index contributed by atoms with van der Waals surface area (Å²) in [6.07, 6.45) is 3.91. The molecule has 1 aliphatic rings. The van der Waals surface area contributed by atoms with Gasteiger partial charge in [-0.3, -0.25) is 9.88 Å². The summed E-state index contributed by atoms with van der Waals surface area (Å²) < 4.78 is 0. The summed E-state index contributed by atoms with van der Waals surface area (Å²) in [4.78, 5) is 6.76. The summed E-state index contributed by atoms with van der Waals surface area (Å²) in [5.41, 5.74) is 7.38. The van der Waals surface area contributed by atoms with Crippen molar-refractivity contribution >= 4 is 10.8 Å². The van der Waals surface area contributed by atoms with Gasteiger partial charge in [-0.15, -0.1) is 0 Å². The lowest BCUT2D eigenvalue weighted by Gasteiger charge is -2.16. The Labute approximate surface area is 108 Å². The van der Waals surface area contributed by atoms with Gasteiger partial charge in [-0.1, -0.05) is 31.2 Å². The van der Waals surface area contributed by atoms with Crippen molar-refractivity contribution in [2.45, 2.75) is 19.5 Å². The van der Waals surface area contributed by atoms with Crippen LogP contribution in [0.1, 0.15) is 12.5 Å². The third-order valence-electron chi connectivity index (χ3n) is 3.89. The predicted octanol–water partition coefficient (Wildman–Crippen LogP) is 2.01. The third-order valence-corrected chi connectivity index (χ3v) is 3.89. The maximum Gasteiger partial charge on any atom is 0.0346 e. The van der Waals surface area contributed by atoms with Gasteiger partial charge in [0, 0.05) is 43.5 Å². The van der Waals surface area contributed by atoms with Gasteiger partial charge in [0.05, 0.1) is 0 Å². The highest BCUT2D eigenvalue weighted by atomic mass is 15.2. The molecule has 0 spiro atoms. The molecule has 1 aromatic carbocycles. The van der Waals surface area contributed by atoms with Crippen molar-refractivity contribution in [3.8, 4) is 0 Å². The lowest BCUT2D eigenvalue weighted by Crippen LogP contribution is -2.28. The van der Waals surface area contributed by atoms with Gasteiger partial charge < -0.3 is 5.73 Å². The van der Waals surface area contributed by atoms with Crippen molar-refractivity contribution in [1.29, 1.82) is 0 Å². The van der Waals surface area contributed by atoms with Gasteiger partial charge >= 0.3 is 0 Å². The third kappa shape index (κ3) is 2.11. The highest BCUT2D eigenvalue weighted by Crippen LogP contribution is 2.22. The average Bonchev–Trinajstić information content (AvgIpc) is 2.69. The van der Waals surface area contributed by atoms with E-state index in [2.05, 4.69) is 41.1 Å². The Morgan fingerprint density at radius 3 is 2.89 bits per heavy atom. The van der Waals surface area contributed by atoms with Crippen LogP contribution in [0.15, 0.2) is 36.7 Å². The number of pyridine rings is 1. The second kappa shape index (κ2) is 4.67. The molecule has 3 rings (SSSR count). The van der Waals surface area contributed by atoms with Gasteiger partial charge in [-0.05, 0) is 16.9 Å². The van der Waals surface area contributed by atoms with Gasteiger partial charge in [0.25, 0.3) is 0 Å². The van der Waals surface area contributed by atoms with Crippen LogP contribution in [0.5, 0.6) is 0 Å². The maximum absolute atomic E-state index is 6.08. The molecule has 2 N–H and O–H groups in total. The molecule has 94 valence electrons. The number of aromatic nitrogens is 1. The highest BCUT2D eigenvalue weighted by Gasteiger charge is 2.26. The summed E-state index contributed by atoms with van der Waals surface area (Å²) in [6, 6.07) is 8.75. The van der Waals surface area contributed by atoms with Crippen molar-refractivity contribution in [1.82, 2.24) is 9.88 Å². The first-order valence-corrected chi connectivity index (χ1v) is 6.53. The number of hydrogen-bond acceptors (Lipinski definition) is 3. The molecule has 0 bridgehead atoms. The Kier molecular flexibility index (Phi) is 3.02. The quantitative estimate of drug-likeness (QED) is 0.874. The Morgan fingerprint density at radius 1 is 1.28 bits per heavy atom. The number of hydrogen-bond donors (Lipinski definition) is 1. The summed E-state index contributed by atoms with van der Waals surface area (Å²) in [5.74, 6) is 0.591. The zero-order valence-corrected chi connectivity index (χ0v) is 10.7. The Bertz CT molecular complexity index is 537. The van der Waals surface area contributed by atoms with E-state index in [-0.39, 0.29) is 0 Å². The van der Waals surface area contributed by atoms with Crippen LogP contribution in [0.3, 0.4) is 0 Å². The number of nitrogens with two attached hydrogens (primary N) is 1. The lowest BCUT2D eigenvalue weighted by molar-refractivity contribution is 0.320. The number of rotatable bonds is 2. The van der Waals surface area contributed by atoms with Crippen LogP contribution in [0, 0.1) is 5.92 Å². The van der Waals surface area contributed by atoms with E-state index in [0.29, 0.717) is 12.0 Å². The number of nitrogens with zero attached hydrogens (tertiary/aromatic N) is 2. The number of fused-ring (bicyclic) bond motifs is 1. The Morgan fingerprint density at radius 2 is 2.11 bits per heavy atom. The van der Waals surface area contributed by atoms with E-state index < -0.39 is 0 Å². The molecular formula is C15H19N3. The fraction of sp³-hybridized carbons (Fsp3) is 0.400. The van der Waals surface area contributed by atoms with Crippen LogP contribution in [0.25, 0.3) is 10.8 Å². The predicted molar refractivity (Wildman–Crippen MR) is 74.2 cm³/mol. The summed E-state index contributed by atoms with van der Waals surface area (Å²) in [6.45, 7) is 5.26. The van der Waals surface area contributed by atoms with Crippen LogP contribution in [0.4, 0.5) is 0 Å². The molecule has 0 saturated carbocycles. The number of likely N-dealkylation sites (tertiary alicyclic amines) is 1. The van der Waals surface area contributed by atoms with Gasteiger partial charge in [-0.25, -0.2) is 0 Å². The van der Waals surface area contributed by atoms with Gasteiger partial charge in [-0.2, -0.15) is 0 Å². The van der Waals surface area contributed by atoms with E-state index in [1.165, 1.54) is 16.3 Å². The van der Waals surface area contributed by atoms with Gasteiger partial charge in [0.2, 0.25) is 0 Å². The Balaban J connectivity index is 1.87. The molecule has 0 aliphatic carbocycles. The van der Waals surface area contributed by atoms with E-state index >= 15 is 0 Å². The SMILES string of the molecule is CC1CN(Cc2cncc3ccccc23)CC1N. The first kappa shape index (κ1) is 11.6. The topological polar surface area (TPSA) is 42.2 Å². The smallest absolute Gasteiger partial charge is 0.0346 e. The standard InChI is InChI=1S/C15H19N3/c1-11-8-18(10-15(11)16)9-13-7-17-6-12-4-2-3-5-14(12)13/h2-7,11,15H,8-10,16H2,1H3. The molecular weight excluding hydrogens is 222 g/mol. The summed E-state index contributed by atoms with van der Waals surface area (Å²) in [7, 11) is 0. The molecule has 2 atom stereocenters. The molecule has 2 heterocycles. The fourth-order valence-corrected chi connectivity index (χ4v) is 2.77. The molecule has 0 amide bonds. The van der Waals surface area contributed by atoms with Gasteiger partial charge in [0.15, 0.2) is 0 Å². The molecule has 0 radical (unpaired) electrons. The minimum absolute atomic E-state index is 0.313. The molecule has 2 unspecified atom stereocenters.